The van der Waals surface area contributed by atoms with E-state index in [1.165, 1.54) is 23.1 Å². The van der Waals surface area contributed by atoms with E-state index in [4.69, 9.17) is 9.47 Å². The van der Waals surface area contributed by atoms with Gasteiger partial charge in [0, 0.05) is 12.6 Å². The normalized spacial score (nSPS) is 11.9. The van der Waals surface area contributed by atoms with E-state index in [9.17, 15) is 4.79 Å². The molecule has 3 rings (SSSR count). The second kappa shape index (κ2) is 8.57. The molecule has 0 aliphatic heterocycles. The summed E-state index contributed by atoms with van der Waals surface area (Å²) in [5.74, 6) is 1.74. The van der Waals surface area contributed by atoms with Crippen molar-refractivity contribution in [2.45, 2.75) is 24.3 Å². The standard InChI is InChI=1S/C17H20N6O3S2/c1-9(15(24)18-16-21-19-10(2)28-16)27-17-22-20-14(23(17)3)11-6-7-12(25-4)13(8-11)26-5/h6-9H,1-5H3,(H,18,21,24)/t9-/m1/s1. The fraction of sp³-hybridized carbons (Fsp3) is 0.353. The van der Waals surface area contributed by atoms with Gasteiger partial charge in [-0.1, -0.05) is 23.1 Å². The minimum atomic E-state index is -0.384. The molecule has 0 spiro atoms. The van der Waals surface area contributed by atoms with Crippen LogP contribution in [0.15, 0.2) is 23.4 Å². The van der Waals surface area contributed by atoms with Crippen LogP contribution in [0.5, 0.6) is 11.5 Å². The Morgan fingerprint density at radius 1 is 1.18 bits per heavy atom. The first-order valence-corrected chi connectivity index (χ1v) is 10.0. The number of methoxy groups -OCH3 is 2. The molecule has 1 atom stereocenters. The zero-order chi connectivity index (χ0) is 20.3. The fourth-order valence-electron chi connectivity index (χ4n) is 2.41. The maximum Gasteiger partial charge on any atom is 0.239 e. The molecule has 0 bridgehead atoms. The number of aryl methyl sites for hydroxylation is 1. The van der Waals surface area contributed by atoms with Gasteiger partial charge in [0.2, 0.25) is 11.0 Å². The molecule has 28 heavy (non-hydrogen) atoms. The molecule has 0 fully saturated rings. The lowest BCUT2D eigenvalue weighted by Gasteiger charge is -2.11. The molecule has 2 heterocycles. The molecule has 0 radical (unpaired) electrons. The number of benzene rings is 1. The molecular weight excluding hydrogens is 400 g/mol. The molecule has 11 heteroatoms. The first kappa shape index (κ1) is 20.1. The lowest BCUT2D eigenvalue weighted by atomic mass is 10.2. The van der Waals surface area contributed by atoms with Crippen LogP contribution in [0, 0.1) is 6.92 Å². The van der Waals surface area contributed by atoms with Gasteiger partial charge in [-0.3, -0.25) is 10.1 Å². The van der Waals surface area contributed by atoms with Crippen molar-refractivity contribution in [3.05, 3.63) is 23.2 Å². The second-order valence-electron chi connectivity index (χ2n) is 5.81. The number of carbonyl (C=O) groups excluding carboxylic acids is 1. The van der Waals surface area contributed by atoms with Crippen molar-refractivity contribution < 1.29 is 14.3 Å². The molecule has 0 unspecified atom stereocenters. The van der Waals surface area contributed by atoms with Crippen molar-refractivity contribution in [3.8, 4) is 22.9 Å². The molecule has 1 aromatic carbocycles. The SMILES string of the molecule is COc1ccc(-c2nnc(S[C@H](C)C(=O)Nc3nnc(C)s3)n2C)cc1OC. The number of amides is 1. The lowest BCUT2D eigenvalue weighted by Crippen LogP contribution is -2.22. The fourth-order valence-corrected chi connectivity index (χ4v) is 3.82. The number of hydrogen-bond donors (Lipinski definition) is 1. The Morgan fingerprint density at radius 3 is 2.57 bits per heavy atom. The number of anilines is 1. The minimum absolute atomic E-state index is 0.170. The van der Waals surface area contributed by atoms with E-state index in [2.05, 4.69) is 25.7 Å². The monoisotopic (exact) mass is 420 g/mol. The maximum atomic E-state index is 12.4. The van der Waals surface area contributed by atoms with Crippen LogP contribution in [0.25, 0.3) is 11.4 Å². The summed E-state index contributed by atoms with van der Waals surface area (Å²) < 4.78 is 12.5. The van der Waals surface area contributed by atoms with Crippen LogP contribution >= 0.6 is 23.1 Å². The van der Waals surface area contributed by atoms with Crippen molar-refractivity contribution in [3.63, 3.8) is 0 Å². The third kappa shape index (κ3) is 4.25. The zero-order valence-electron chi connectivity index (χ0n) is 16.1. The molecule has 0 saturated heterocycles. The van der Waals surface area contributed by atoms with Crippen LogP contribution in [0.4, 0.5) is 5.13 Å². The highest BCUT2D eigenvalue weighted by molar-refractivity contribution is 8.00. The predicted molar refractivity (Wildman–Crippen MR) is 108 cm³/mol. The smallest absolute Gasteiger partial charge is 0.239 e. The highest BCUT2D eigenvalue weighted by atomic mass is 32.2. The molecule has 1 N–H and O–H groups in total. The van der Waals surface area contributed by atoms with Gasteiger partial charge in [0.1, 0.15) is 5.01 Å². The molecule has 1 amide bonds. The van der Waals surface area contributed by atoms with Crippen molar-refractivity contribution in [2.75, 3.05) is 19.5 Å². The molecule has 0 saturated carbocycles. The largest absolute Gasteiger partial charge is 0.493 e. The Balaban J connectivity index is 1.74. The molecule has 2 aromatic heterocycles. The van der Waals surface area contributed by atoms with Gasteiger partial charge >= 0.3 is 0 Å². The van der Waals surface area contributed by atoms with E-state index in [0.717, 1.165) is 10.6 Å². The molecule has 148 valence electrons. The second-order valence-corrected chi connectivity index (χ2v) is 8.30. The van der Waals surface area contributed by atoms with E-state index in [1.807, 2.05) is 36.7 Å². The predicted octanol–water partition coefficient (Wildman–Crippen LogP) is 2.78. The van der Waals surface area contributed by atoms with E-state index < -0.39 is 0 Å². The van der Waals surface area contributed by atoms with Crippen LogP contribution in [0.2, 0.25) is 0 Å². The molecule has 0 aliphatic rings. The summed E-state index contributed by atoms with van der Waals surface area (Å²) in [6, 6.07) is 5.54. The lowest BCUT2D eigenvalue weighted by molar-refractivity contribution is -0.115. The summed E-state index contributed by atoms with van der Waals surface area (Å²) in [6.07, 6.45) is 0. The molecule has 9 nitrogen and oxygen atoms in total. The number of nitrogens with one attached hydrogen (secondary N) is 1. The summed E-state index contributed by atoms with van der Waals surface area (Å²) in [7, 11) is 5.02. The summed E-state index contributed by atoms with van der Waals surface area (Å²) >= 11 is 2.65. The number of nitrogens with zero attached hydrogens (tertiary/aromatic N) is 5. The quantitative estimate of drug-likeness (QED) is 0.582. The summed E-state index contributed by atoms with van der Waals surface area (Å²) in [6.45, 7) is 3.64. The highest BCUT2D eigenvalue weighted by Gasteiger charge is 2.21. The first-order valence-electron chi connectivity index (χ1n) is 8.32. The average Bonchev–Trinajstić information content (AvgIpc) is 3.26. The topological polar surface area (TPSA) is 104 Å². The Labute approximate surface area is 170 Å². The Morgan fingerprint density at radius 2 is 1.93 bits per heavy atom. The van der Waals surface area contributed by atoms with Gasteiger partial charge in [0.05, 0.1) is 19.5 Å². The summed E-state index contributed by atoms with van der Waals surface area (Å²) in [5.41, 5.74) is 0.834. The average molecular weight is 421 g/mol. The van der Waals surface area contributed by atoms with Crippen LogP contribution < -0.4 is 14.8 Å². The van der Waals surface area contributed by atoms with Gasteiger partial charge in [-0.05, 0) is 32.0 Å². The maximum absolute atomic E-state index is 12.4. The van der Waals surface area contributed by atoms with E-state index >= 15 is 0 Å². The third-order valence-corrected chi connectivity index (χ3v) is 5.77. The van der Waals surface area contributed by atoms with Crippen LogP contribution in [0.3, 0.4) is 0 Å². The van der Waals surface area contributed by atoms with Gasteiger partial charge in [-0.25, -0.2) is 0 Å². The third-order valence-electron chi connectivity index (χ3n) is 3.88. The van der Waals surface area contributed by atoms with E-state index in [0.29, 0.717) is 27.6 Å². The summed E-state index contributed by atoms with van der Waals surface area (Å²) in [4.78, 5) is 12.4. The van der Waals surface area contributed by atoms with Gasteiger partial charge in [0.15, 0.2) is 22.5 Å². The van der Waals surface area contributed by atoms with Crippen LogP contribution in [-0.4, -0.2) is 50.3 Å². The highest BCUT2D eigenvalue weighted by Crippen LogP contribution is 2.33. The van der Waals surface area contributed by atoms with Gasteiger partial charge in [-0.2, -0.15) is 0 Å². The van der Waals surface area contributed by atoms with E-state index in [-0.39, 0.29) is 11.2 Å². The first-order chi connectivity index (χ1) is 13.4. The van der Waals surface area contributed by atoms with Crippen molar-refractivity contribution in [2.24, 2.45) is 7.05 Å². The number of hydrogen-bond acceptors (Lipinski definition) is 9. The van der Waals surface area contributed by atoms with Crippen molar-refractivity contribution >= 4 is 34.1 Å². The van der Waals surface area contributed by atoms with Gasteiger partial charge < -0.3 is 14.0 Å². The molecule has 0 aliphatic carbocycles. The zero-order valence-corrected chi connectivity index (χ0v) is 17.7. The minimum Gasteiger partial charge on any atom is -0.493 e. The number of carbonyl (C=O) groups is 1. The Kier molecular flexibility index (Phi) is 6.15. The van der Waals surface area contributed by atoms with E-state index in [1.54, 1.807) is 21.1 Å². The Bertz CT molecular complexity index is 987. The molecule has 3 aromatic rings. The number of rotatable bonds is 7. The van der Waals surface area contributed by atoms with Crippen LogP contribution in [0.1, 0.15) is 11.9 Å². The van der Waals surface area contributed by atoms with Crippen molar-refractivity contribution in [1.29, 1.82) is 0 Å². The molecular formula is C17H20N6O3S2. The number of aromatic nitrogens is 5. The van der Waals surface area contributed by atoms with Crippen molar-refractivity contribution in [1.82, 2.24) is 25.0 Å². The van der Waals surface area contributed by atoms with Crippen LogP contribution in [-0.2, 0) is 11.8 Å². The number of ether oxygens (including phenoxy) is 2. The number of thioether (sulfide) groups is 1. The Hall–Kier alpha value is -2.66. The van der Waals surface area contributed by atoms with Gasteiger partial charge in [0.25, 0.3) is 0 Å². The van der Waals surface area contributed by atoms with Gasteiger partial charge in [-0.15, -0.1) is 20.4 Å². The summed E-state index contributed by atoms with van der Waals surface area (Å²) in [5, 5.41) is 20.6.